The highest BCUT2D eigenvalue weighted by Gasteiger charge is 2.21. The van der Waals surface area contributed by atoms with Crippen LogP contribution in [0.2, 0.25) is 0 Å². The van der Waals surface area contributed by atoms with Crippen molar-refractivity contribution in [1.82, 2.24) is 10.3 Å². The Bertz CT molecular complexity index is 290. The highest BCUT2D eigenvalue weighted by molar-refractivity contribution is 5.15. The molecule has 0 saturated carbocycles. The lowest BCUT2D eigenvalue weighted by Crippen LogP contribution is -2.34. The summed E-state index contributed by atoms with van der Waals surface area (Å²) in [5.74, 6) is 0. The quantitative estimate of drug-likeness (QED) is 0.753. The van der Waals surface area contributed by atoms with E-state index in [1.807, 2.05) is 25.4 Å². The number of aromatic nitrogens is 1. The lowest BCUT2D eigenvalue weighted by Gasteiger charge is -2.27. The minimum atomic E-state index is 0.218. The predicted molar refractivity (Wildman–Crippen MR) is 71.0 cm³/mol. The first-order valence-electron chi connectivity index (χ1n) is 6.58. The minimum absolute atomic E-state index is 0.218. The highest BCUT2D eigenvalue weighted by Crippen LogP contribution is 2.20. The summed E-state index contributed by atoms with van der Waals surface area (Å²) in [4.78, 5) is 4.19. The highest BCUT2D eigenvalue weighted by atomic mass is 16.5. The van der Waals surface area contributed by atoms with Gasteiger partial charge in [-0.2, -0.15) is 0 Å². The number of hydrogen-bond acceptors (Lipinski definition) is 3. The topological polar surface area (TPSA) is 34.2 Å². The first-order valence-corrected chi connectivity index (χ1v) is 6.58. The molecule has 2 atom stereocenters. The van der Waals surface area contributed by atoms with Gasteiger partial charge in [0.2, 0.25) is 0 Å². The summed E-state index contributed by atoms with van der Waals surface area (Å²) in [6.45, 7) is 8.14. The second kappa shape index (κ2) is 8.20. The smallest absolute Gasteiger partial charge is 0.0767 e. The zero-order valence-electron chi connectivity index (χ0n) is 11.1. The van der Waals surface area contributed by atoms with Crippen molar-refractivity contribution < 1.29 is 4.74 Å². The first kappa shape index (κ1) is 14.1. The van der Waals surface area contributed by atoms with Crippen LogP contribution >= 0.6 is 0 Å². The molecular formula is C14H24N2O. The second-order valence-electron chi connectivity index (χ2n) is 4.12. The molecule has 0 amide bonds. The molecule has 96 valence electrons. The Morgan fingerprint density at radius 3 is 2.71 bits per heavy atom. The van der Waals surface area contributed by atoms with E-state index in [0.717, 1.165) is 26.0 Å². The maximum Gasteiger partial charge on any atom is 0.0767 e. The molecule has 1 aromatic heterocycles. The van der Waals surface area contributed by atoms with Gasteiger partial charge in [-0.1, -0.05) is 19.9 Å². The monoisotopic (exact) mass is 236 g/mol. The lowest BCUT2D eigenvalue weighted by atomic mass is 10.0. The number of nitrogens with zero attached hydrogens (tertiary/aromatic N) is 1. The molecule has 1 N–H and O–H groups in total. The van der Waals surface area contributed by atoms with Crippen molar-refractivity contribution in [2.75, 3.05) is 13.2 Å². The summed E-state index contributed by atoms with van der Waals surface area (Å²) in [6.07, 6.45) is 6.08. The van der Waals surface area contributed by atoms with Gasteiger partial charge >= 0.3 is 0 Å². The van der Waals surface area contributed by atoms with E-state index in [0.29, 0.717) is 0 Å². The van der Waals surface area contributed by atoms with E-state index in [1.165, 1.54) is 5.56 Å². The Hall–Kier alpha value is -0.930. The summed E-state index contributed by atoms with van der Waals surface area (Å²) in [7, 11) is 0. The van der Waals surface area contributed by atoms with Gasteiger partial charge in [-0.05, 0) is 37.9 Å². The van der Waals surface area contributed by atoms with Gasteiger partial charge in [0.1, 0.15) is 0 Å². The molecule has 0 aliphatic heterocycles. The van der Waals surface area contributed by atoms with Gasteiger partial charge in [0.25, 0.3) is 0 Å². The summed E-state index contributed by atoms with van der Waals surface area (Å²) in [6, 6.07) is 4.34. The van der Waals surface area contributed by atoms with E-state index in [-0.39, 0.29) is 12.1 Å². The average molecular weight is 236 g/mol. The van der Waals surface area contributed by atoms with E-state index >= 15 is 0 Å². The van der Waals surface area contributed by atoms with Crippen molar-refractivity contribution in [3.05, 3.63) is 30.1 Å². The number of ether oxygens (including phenoxy) is 1. The Kier molecular flexibility index (Phi) is 6.82. The molecule has 3 heteroatoms. The van der Waals surface area contributed by atoms with Crippen LogP contribution in [0.5, 0.6) is 0 Å². The maximum absolute atomic E-state index is 5.81. The molecule has 0 fully saturated rings. The summed E-state index contributed by atoms with van der Waals surface area (Å²) in [5.41, 5.74) is 1.21. The van der Waals surface area contributed by atoms with E-state index < -0.39 is 0 Å². The molecule has 0 radical (unpaired) electrons. The average Bonchev–Trinajstić information content (AvgIpc) is 2.39. The lowest BCUT2D eigenvalue weighted by molar-refractivity contribution is 0.0313. The van der Waals surface area contributed by atoms with Crippen LogP contribution in [0.4, 0.5) is 0 Å². The number of pyridine rings is 1. The fourth-order valence-electron chi connectivity index (χ4n) is 1.99. The Labute approximate surface area is 105 Å². The number of rotatable bonds is 8. The van der Waals surface area contributed by atoms with Crippen LogP contribution in [0.25, 0.3) is 0 Å². The van der Waals surface area contributed by atoms with E-state index in [2.05, 4.69) is 30.2 Å². The fourth-order valence-corrected chi connectivity index (χ4v) is 1.99. The standard InChI is InChI=1S/C14H24N2O/c1-4-9-16-14(13(5-2)17-6-3)12-8-7-10-15-11-12/h7-8,10-11,13-14,16H,4-6,9H2,1-3H3. The molecule has 3 nitrogen and oxygen atoms in total. The third-order valence-corrected chi connectivity index (χ3v) is 2.81. The van der Waals surface area contributed by atoms with E-state index in [1.54, 1.807) is 0 Å². The van der Waals surface area contributed by atoms with Gasteiger partial charge in [-0.15, -0.1) is 0 Å². The normalized spacial score (nSPS) is 14.5. The molecule has 0 saturated heterocycles. The Morgan fingerprint density at radius 1 is 1.35 bits per heavy atom. The molecule has 1 heterocycles. The maximum atomic E-state index is 5.81. The Balaban J connectivity index is 2.78. The number of hydrogen-bond donors (Lipinski definition) is 1. The van der Waals surface area contributed by atoms with Crippen molar-refractivity contribution in [3.63, 3.8) is 0 Å². The number of nitrogens with one attached hydrogen (secondary N) is 1. The predicted octanol–water partition coefficient (Wildman–Crippen LogP) is 2.94. The van der Waals surface area contributed by atoms with Crippen molar-refractivity contribution in [3.8, 4) is 0 Å². The van der Waals surface area contributed by atoms with Gasteiger partial charge < -0.3 is 10.1 Å². The zero-order chi connectivity index (χ0) is 12.5. The van der Waals surface area contributed by atoms with Crippen LogP contribution in [0.15, 0.2) is 24.5 Å². The van der Waals surface area contributed by atoms with Gasteiger partial charge in [0.15, 0.2) is 0 Å². The van der Waals surface area contributed by atoms with Gasteiger partial charge in [0, 0.05) is 19.0 Å². The Morgan fingerprint density at radius 2 is 2.18 bits per heavy atom. The van der Waals surface area contributed by atoms with E-state index in [9.17, 15) is 0 Å². The second-order valence-corrected chi connectivity index (χ2v) is 4.12. The van der Waals surface area contributed by atoms with Crippen LogP contribution in [0, 0.1) is 0 Å². The van der Waals surface area contributed by atoms with Gasteiger partial charge in [0.05, 0.1) is 12.1 Å². The van der Waals surface area contributed by atoms with Crippen LogP contribution in [0.1, 0.15) is 45.2 Å². The molecule has 0 aliphatic rings. The van der Waals surface area contributed by atoms with Crippen molar-refractivity contribution >= 4 is 0 Å². The fraction of sp³-hybridized carbons (Fsp3) is 0.643. The molecule has 0 spiro atoms. The molecule has 0 aromatic carbocycles. The molecule has 1 aromatic rings. The van der Waals surface area contributed by atoms with Crippen molar-refractivity contribution in [1.29, 1.82) is 0 Å². The van der Waals surface area contributed by atoms with Crippen molar-refractivity contribution in [2.24, 2.45) is 0 Å². The third kappa shape index (κ3) is 4.44. The van der Waals surface area contributed by atoms with Crippen molar-refractivity contribution in [2.45, 2.75) is 45.8 Å². The SMILES string of the molecule is CCCNC(c1cccnc1)C(CC)OCC. The van der Waals surface area contributed by atoms with Crippen LogP contribution in [-0.4, -0.2) is 24.2 Å². The summed E-state index contributed by atoms with van der Waals surface area (Å²) < 4.78 is 5.81. The molecule has 2 unspecified atom stereocenters. The molecule has 1 rings (SSSR count). The summed E-state index contributed by atoms with van der Waals surface area (Å²) in [5, 5.41) is 3.56. The molecule has 17 heavy (non-hydrogen) atoms. The van der Waals surface area contributed by atoms with E-state index in [4.69, 9.17) is 4.74 Å². The molecule has 0 aliphatic carbocycles. The third-order valence-electron chi connectivity index (χ3n) is 2.81. The zero-order valence-corrected chi connectivity index (χ0v) is 11.1. The van der Waals surface area contributed by atoms with Crippen LogP contribution in [0.3, 0.4) is 0 Å². The minimum Gasteiger partial charge on any atom is -0.377 e. The molecular weight excluding hydrogens is 212 g/mol. The summed E-state index contributed by atoms with van der Waals surface area (Å²) >= 11 is 0. The molecule has 0 bridgehead atoms. The van der Waals surface area contributed by atoms with Crippen LogP contribution < -0.4 is 5.32 Å². The first-order chi connectivity index (χ1) is 8.33. The largest absolute Gasteiger partial charge is 0.377 e. The van der Waals surface area contributed by atoms with Gasteiger partial charge in [-0.3, -0.25) is 4.98 Å². The van der Waals surface area contributed by atoms with Crippen LogP contribution in [-0.2, 0) is 4.74 Å². The van der Waals surface area contributed by atoms with Gasteiger partial charge in [-0.25, -0.2) is 0 Å².